The van der Waals surface area contributed by atoms with Crippen LogP contribution in [0, 0.1) is 0 Å². The minimum Gasteiger partial charge on any atom is -0.495 e. The number of thioether (sulfide) groups is 1. The zero-order chi connectivity index (χ0) is 28.3. The first-order valence-corrected chi connectivity index (χ1v) is 14.3. The Morgan fingerprint density at radius 3 is 2.29 bits per heavy atom. The number of hydrogen-bond acceptors (Lipinski definition) is 9. The fourth-order valence-corrected chi connectivity index (χ4v) is 5.82. The van der Waals surface area contributed by atoms with E-state index in [9.17, 15) is 34.9 Å². The van der Waals surface area contributed by atoms with Gasteiger partial charge in [-0.3, -0.25) is 15.4 Å². The molecule has 0 aliphatic rings. The predicted octanol–water partition coefficient (Wildman–Crippen LogP) is 6.86. The van der Waals surface area contributed by atoms with Crippen LogP contribution in [0.5, 0.6) is 5.75 Å². The van der Waals surface area contributed by atoms with Crippen molar-refractivity contribution in [3.8, 4) is 5.75 Å². The monoisotopic (exact) mass is 600 g/mol. The summed E-state index contributed by atoms with van der Waals surface area (Å²) in [4.78, 5) is 5.43. The molecule has 0 unspecified atom stereocenters. The Bertz CT molecular complexity index is 1380. The van der Waals surface area contributed by atoms with Crippen LogP contribution < -0.4 is 20.5 Å². The lowest BCUT2D eigenvalue weighted by atomic mass is 10.2. The van der Waals surface area contributed by atoms with Crippen molar-refractivity contribution in [2.75, 3.05) is 36.0 Å². The first-order valence-electron chi connectivity index (χ1n) is 11.2. The number of ether oxygens (including phenoxy) is 1. The van der Waals surface area contributed by atoms with E-state index in [1.165, 1.54) is 25.3 Å². The number of hydrogen-bond donors (Lipinski definition) is 3. The maximum atomic E-state index is 13.4. The Hall–Kier alpha value is -2.56. The van der Waals surface area contributed by atoms with Gasteiger partial charge in [-0.15, -0.1) is 0 Å². The second-order valence-corrected chi connectivity index (χ2v) is 11.6. The van der Waals surface area contributed by atoms with Crippen LogP contribution in [0.15, 0.2) is 40.1 Å². The van der Waals surface area contributed by atoms with Crippen LogP contribution >= 0.6 is 23.1 Å². The molecular weight excluding hydrogens is 575 g/mol. The lowest BCUT2D eigenvalue weighted by Crippen LogP contribution is -2.32. The number of halogens is 5. The lowest BCUT2D eigenvalue weighted by Gasteiger charge is -2.27. The molecular formula is C22H25F5N4O4S3. The molecule has 38 heavy (non-hydrogen) atoms. The molecule has 3 aromatic rings. The molecule has 0 fully saturated rings. The van der Waals surface area contributed by atoms with E-state index in [0.29, 0.717) is 34.7 Å². The maximum absolute atomic E-state index is 13.4. The molecule has 210 valence electrons. The van der Waals surface area contributed by atoms with E-state index in [1.54, 1.807) is 0 Å². The van der Waals surface area contributed by atoms with E-state index in [2.05, 4.69) is 15.8 Å². The molecule has 0 spiro atoms. The van der Waals surface area contributed by atoms with Gasteiger partial charge >= 0.3 is 11.4 Å². The van der Waals surface area contributed by atoms with E-state index >= 15 is 0 Å². The Kier molecular flexibility index (Phi) is 9.21. The Balaban J connectivity index is 1.90. The molecule has 1 heterocycles. The van der Waals surface area contributed by atoms with Gasteiger partial charge in [-0.05, 0) is 48.9 Å². The largest absolute Gasteiger partial charge is 0.495 e. The van der Waals surface area contributed by atoms with Gasteiger partial charge in [-0.25, -0.2) is 4.98 Å². The highest BCUT2D eigenvalue weighted by atomic mass is 32.2. The number of anilines is 3. The summed E-state index contributed by atoms with van der Waals surface area (Å²) in [6, 6.07) is 6.24. The lowest BCUT2D eigenvalue weighted by molar-refractivity contribution is -0.237. The molecule has 16 heteroatoms. The van der Waals surface area contributed by atoms with Crippen molar-refractivity contribution in [2.24, 2.45) is 0 Å². The number of thiazole rings is 1. The van der Waals surface area contributed by atoms with E-state index in [1.807, 2.05) is 18.7 Å². The summed E-state index contributed by atoms with van der Waals surface area (Å²) in [6.45, 7) is 5.20. The molecule has 0 amide bonds. The number of benzene rings is 2. The summed E-state index contributed by atoms with van der Waals surface area (Å²) in [5.74, 6) is 0.347. The van der Waals surface area contributed by atoms with Crippen molar-refractivity contribution in [1.29, 1.82) is 0 Å². The van der Waals surface area contributed by atoms with Crippen LogP contribution in [0.4, 0.5) is 38.5 Å². The van der Waals surface area contributed by atoms with Crippen molar-refractivity contribution in [3.63, 3.8) is 0 Å². The normalized spacial score (nSPS) is 12.6. The van der Waals surface area contributed by atoms with Gasteiger partial charge in [0.15, 0.2) is 0 Å². The van der Waals surface area contributed by atoms with Gasteiger partial charge < -0.3 is 9.64 Å². The summed E-state index contributed by atoms with van der Waals surface area (Å²) in [5, 5.41) is -4.80. The first-order chi connectivity index (χ1) is 17.7. The molecule has 0 radical (unpaired) electrons. The van der Waals surface area contributed by atoms with Gasteiger partial charge in [0.05, 0.1) is 28.7 Å². The number of aromatic nitrogens is 1. The summed E-state index contributed by atoms with van der Waals surface area (Å²) >= 11 is 0.312. The van der Waals surface area contributed by atoms with Crippen molar-refractivity contribution >= 4 is 59.9 Å². The van der Waals surface area contributed by atoms with Crippen LogP contribution in [0.3, 0.4) is 0 Å². The summed E-state index contributed by atoms with van der Waals surface area (Å²) < 4.78 is 104. The summed E-state index contributed by atoms with van der Waals surface area (Å²) in [7, 11) is -3.25. The van der Waals surface area contributed by atoms with Crippen LogP contribution in [0.2, 0.25) is 0 Å². The molecule has 0 aliphatic heterocycles. The molecule has 3 rings (SSSR count). The van der Waals surface area contributed by atoms with Crippen LogP contribution in [0.1, 0.15) is 26.7 Å². The first kappa shape index (κ1) is 30.0. The van der Waals surface area contributed by atoms with Gasteiger partial charge in [-0.1, -0.05) is 25.2 Å². The highest BCUT2D eigenvalue weighted by Crippen LogP contribution is 2.48. The smallest absolute Gasteiger partial charge is 0.464 e. The highest BCUT2D eigenvalue weighted by Gasteiger charge is 2.58. The van der Waals surface area contributed by atoms with Crippen molar-refractivity contribution < 1.29 is 39.7 Å². The van der Waals surface area contributed by atoms with Crippen LogP contribution in [0.25, 0.3) is 10.2 Å². The van der Waals surface area contributed by atoms with Gasteiger partial charge in [0, 0.05) is 24.1 Å². The molecule has 0 bridgehead atoms. The van der Waals surface area contributed by atoms with E-state index in [-0.39, 0.29) is 15.7 Å². The Morgan fingerprint density at radius 2 is 1.74 bits per heavy atom. The minimum atomic E-state index is -5.71. The Labute approximate surface area is 224 Å². The number of alkyl halides is 5. The number of methoxy groups -OCH3 is 1. The molecule has 0 atom stereocenters. The average molecular weight is 601 g/mol. The third kappa shape index (κ3) is 6.90. The molecule has 0 aliphatic carbocycles. The standard InChI is InChI=1S/C22H25F5N4O4S3/c1-4-8-31(9-5-2)16-12-19(38(32,33)34)15(11-17(16)35-3)29-30-20-28-14-7-6-13(10-18(14)36-20)37-22(26,27)21(23,24)25/h6-7,10-12,29H,4-5,8-9H2,1-3H3,(H,28,30)(H,32,33,34). The van der Waals surface area contributed by atoms with Gasteiger partial charge in [-0.2, -0.15) is 30.4 Å². The number of fused-ring (bicyclic) bond motifs is 1. The van der Waals surface area contributed by atoms with E-state index in [4.69, 9.17) is 4.74 Å². The number of nitrogens with one attached hydrogen (secondary N) is 2. The quantitative estimate of drug-likeness (QED) is 0.0890. The van der Waals surface area contributed by atoms with Crippen LogP contribution in [-0.4, -0.2) is 49.6 Å². The fraction of sp³-hybridized carbons (Fsp3) is 0.409. The second kappa shape index (κ2) is 11.7. The summed E-state index contributed by atoms with van der Waals surface area (Å²) in [5.41, 5.74) is 6.09. The molecule has 3 N–H and O–H groups in total. The summed E-state index contributed by atoms with van der Waals surface area (Å²) in [6.07, 6.45) is -4.13. The Morgan fingerprint density at radius 1 is 1.08 bits per heavy atom. The van der Waals surface area contributed by atoms with Gasteiger partial charge in [0.2, 0.25) is 5.13 Å². The third-order valence-corrected chi connectivity index (χ3v) is 7.93. The van der Waals surface area contributed by atoms with E-state index in [0.717, 1.165) is 36.3 Å². The molecule has 1 aromatic heterocycles. The topological polar surface area (TPSA) is 104 Å². The molecule has 8 nitrogen and oxygen atoms in total. The second-order valence-electron chi connectivity index (χ2n) is 8.00. The predicted molar refractivity (Wildman–Crippen MR) is 139 cm³/mol. The zero-order valence-corrected chi connectivity index (χ0v) is 22.8. The number of rotatable bonds is 12. The maximum Gasteiger partial charge on any atom is 0.464 e. The third-order valence-electron chi connectivity index (χ3n) is 5.13. The number of nitrogens with zero attached hydrogens (tertiary/aromatic N) is 2. The SMILES string of the molecule is CCCN(CCC)c1cc(S(=O)(=O)O)c(NNc2nc3ccc(SC(F)(F)C(F)(F)F)cc3s2)cc1OC. The minimum absolute atomic E-state index is 0.0543. The molecule has 0 saturated heterocycles. The average Bonchev–Trinajstić information content (AvgIpc) is 3.22. The zero-order valence-electron chi connectivity index (χ0n) is 20.4. The van der Waals surface area contributed by atoms with Gasteiger partial charge in [0.25, 0.3) is 10.1 Å². The number of hydrazine groups is 1. The van der Waals surface area contributed by atoms with E-state index < -0.39 is 38.2 Å². The van der Waals surface area contributed by atoms with Crippen molar-refractivity contribution in [3.05, 3.63) is 30.3 Å². The molecule has 0 saturated carbocycles. The van der Waals surface area contributed by atoms with Crippen molar-refractivity contribution in [2.45, 2.75) is 47.9 Å². The van der Waals surface area contributed by atoms with Crippen molar-refractivity contribution in [1.82, 2.24) is 4.98 Å². The highest BCUT2D eigenvalue weighted by molar-refractivity contribution is 8.00. The molecule has 2 aromatic carbocycles. The van der Waals surface area contributed by atoms with Crippen LogP contribution in [-0.2, 0) is 10.1 Å². The van der Waals surface area contributed by atoms with Gasteiger partial charge in [0.1, 0.15) is 10.6 Å². The fourth-order valence-electron chi connectivity index (χ4n) is 3.51.